The molecule has 0 bridgehead atoms. The number of anilines is 2. The molecule has 1 saturated heterocycles. The number of carbonyl (C=O) groups excluding carboxylic acids is 1. The molecule has 0 radical (unpaired) electrons. The number of carbonyl (C=O) groups is 1. The molecule has 2 unspecified atom stereocenters. The lowest BCUT2D eigenvalue weighted by molar-refractivity contribution is -0.128. The van der Waals surface area contributed by atoms with E-state index in [2.05, 4.69) is 26.8 Å². The number of aromatic amines is 1. The molecule has 1 amide bonds. The first-order valence-corrected chi connectivity index (χ1v) is 15.5. The van der Waals surface area contributed by atoms with Gasteiger partial charge in [-0.3, -0.25) is 19.1 Å². The molecule has 9 nitrogen and oxygen atoms in total. The molecule has 2 aliphatic rings. The van der Waals surface area contributed by atoms with E-state index in [4.69, 9.17) is 0 Å². The number of halogens is 2. The Bertz CT molecular complexity index is 2150. The number of pyridine rings is 2. The van der Waals surface area contributed by atoms with Crippen molar-refractivity contribution in [2.45, 2.75) is 52.6 Å². The molecule has 2 N–H and O–H groups in total. The Morgan fingerprint density at radius 2 is 1.87 bits per heavy atom. The Morgan fingerprint density at radius 3 is 2.61 bits per heavy atom. The minimum absolute atomic E-state index is 0.0372. The Morgan fingerprint density at radius 1 is 1.09 bits per heavy atom. The highest BCUT2D eigenvalue weighted by Gasteiger charge is 2.40. The number of H-pyrrole nitrogens is 1. The first-order chi connectivity index (χ1) is 22.0. The van der Waals surface area contributed by atoms with Crippen LogP contribution < -0.4 is 15.8 Å². The first kappa shape index (κ1) is 29.6. The Kier molecular flexibility index (Phi) is 6.95. The van der Waals surface area contributed by atoms with E-state index in [0.717, 1.165) is 5.56 Å². The summed E-state index contributed by atoms with van der Waals surface area (Å²) in [6, 6.07) is 6.28. The van der Waals surface area contributed by atoms with Crippen LogP contribution in [0.3, 0.4) is 0 Å². The van der Waals surface area contributed by atoms with Crippen molar-refractivity contribution in [3.63, 3.8) is 0 Å². The van der Waals surface area contributed by atoms with Crippen molar-refractivity contribution in [2.75, 3.05) is 29.9 Å². The molecule has 2 aromatic carbocycles. The predicted octanol–water partition coefficient (Wildman–Crippen LogP) is 5.96. The van der Waals surface area contributed by atoms with E-state index in [1.807, 2.05) is 38.7 Å². The highest BCUT2D eigenvalue weighted by Crippen LogP contribution is 2.44. The van der Waals surface area contributed by atoms with Gasteiger partial charge in [0.2, 0.25) is 5.91 Å². The molecular weight excluding hydrogens is 588 g/mol. The second-order valence-electron chi connectivity index (χ2n) is 12.6. The fourth-order valence-corrected chi connectivity index (χ4v) is 7.20. The maximum Gasteiger partial charge on any atom is 0.281 e. The maximum atomic E-state index is 17.5. The summed E-state index contributed by atoms with van der Waals surface area (Å²) in [4.78, 5) is 43.2. The molecule has 236 valence electrons. The summed E-state index contributed by atoms with van der Waals surface area (Å²) in [6.07, 6.45) is 4.46. The summed E-state index contributed by atoms with van der Waals surface area (Å²) < 4.78 is 35.5. The van der Waals surface area contributed by atoms with Crippen LogP contribution in [0.15, 0.2) is 54.2 Å². The minimum Gasteiger partial charge on any atom is -0.377 e. The maximum absolute atomic E-state index is 17.5. The molecular formula is C35H35F2N7O2. The molecule has 5 aromatic rings. The number of piperazine rings is 1. The van der Waals surface area contributed by atoms with Crippen LogP contribution in [0.2, 0.25) is 0 Å². The summed E-state index contributed by atoms with van der Waals surface area (Å²) in [5.41, 5.74) is 3.80. The van der Waals surface area contributed by atoms with Crippen LogP contribution in [-0.4, -0.2) is 62.0 Å². The van der Waals surface area contributed by atoms with Gasteiger partial charge < -0.3 is 20.1 Å². The summed E-state index contributed by atoms with van der Waals surface area (Å²) in [7, 11) is 0. The van der Waals surface area contributed by atoms with Gasteiger partial charge in [-0.15, -0.1) is 0 Å². The third-order valence-corrected chi connectivity index (χ3v) is 9.40. The fourth-order valence-electron chi connectivity index (χ4n) is 7.20. The molecule has 2 atom stereocenters. The van der Waals surface area contributed by atoms with E-state index >= 15 is 8.78 Å². The normalized spacial score (nSPS) is 17.7. The third-order valence-electron chi connectivity index (χ3n) is 9.40. The molecule has 0 saturated carbocycles. The number of hydrogen-bond donors (Lipinski definition) is 2. The fraction of sp³-hybridized carbons (Fsp3) is 0.314. The lowest BCUT2D eigenvalue weighted by atomic mass is 9.94. The van der Waals surface area contributed by atoms with E-state index in [9.17, 15) is 9.59 Å². The average Bonchev–Trinajstić information content (AvgIpc) is 3.51. The van der Waals surface area contributed by atoms with Gasteiger partial charge in [-0.25, -0.2) is 13.8 Å². The summed E-state index contributed by atoms with van der Waals surface area (Å²) in [6.45, 7) is 14.2. The highest BCUT2D eigenvalue weighted by molar-refractivity contribution is 6.04. The smallest absolute Gasteiger partial charge is 0.281 e. The number of amides is 1. The van der Waals surface area contributed by atoms with Gasteiger partial charge in [0.25, 0.3) is 5.56 Å². The number of nitrogens with zero attached hydrogens (tertiary/aromatic N) is 5. The number of aromatic nitrogens is 4. The van der Waals surface area contributed by atoms with E-state index in [1.54, 1.807) is 30.2 Å². The van der Waals surface area contributed by atoms with Crippen molar-refractivity contribution in [2.24, 2.45) is 0 Å². The van der Waals surface area contributed by atoms with Crippen molar-refractivity contribution in [1.82, 2.24) is 24.4 Å². The topological polar surface area (TPSA) is 99.1 Å². The van der Waals surface area contributed by atoms with E-state index in [-0.39, 0.29) is 46.1 Å². The van der Waals surface area contributed by atoms with Gasteiger partial charge in [0.15, 0.2) is 5.82 Å². The summed E-state index contributed by atoms with van der Waals surface area (Å²) >= 11 is 0. The van der Waals surface area contributed by atoms with Crippen LogP contribution in [-0.2, 0) is 4.79 Å². The molecule has 0 spiro atoms. The number of nitrogens with one attached hydrogen (secondary N) is 2. The van der Waals surface area contributed by atoms with Crippen LogP contribution in [0.1, 0.15) is 43.5 Å². The zero-order valence-electron chi connectivity index (χ0n) is 26.4. The lowest BCUT2D eigenvalue weighted by Gasteiger charge is -2.49. The molecule has 0 aliphatic carbocycles. The number of hydrogen-bond acceptors (Lipinski definition) is 6. The Balaban J connectivity index is 1.61. The summed E-state index contributed by atoms with van der Waals surface area (Å²) in [5.74, 6) is -1.90. The van der Waals surface area contributed by atoms with Gasteiger partial charge in [-0.05, 0) is 62.1 Å². The van der Waals surface area contributed by atoms with Crippen LogP contribution in [0, 0.1) is 25.5 Å². The molecule has 7 rings (SSSR count). The molecule has 2 aliphatic heterocycles. The highest BCUT2D eigenvalue weighted by atomic mass is 19.1. The molecule has 11 heteroatoms. The zero-order chi connectivity index (χ0) is 32.6. The number of imidazole rings is 1. The molecule has 46 heavy (non-hydrogen) atoms. The predicted molar refractivity (Wildman–Crippen MR) is 177 cm³/mol. The quantitative estimate of drug-likeness (QED) is 0.240. The largest absolute Gasteiger partial charge is 0.377 e. The standard InChI is InChI=1S/C35H35F2N7O2/c1-7-25(45)42-15-21-13-39-31-34(43(21)14-20(42)6)22-12-23(36)27(26-18(4)8-9-24-30(26)41-16-40-24)28(37)33(22)44(35(31)46)32-19(5)10-11-38-29(32)17(2)3/h7-12,16-17,20-21,39H,1,13-15H2,2-6H3,(H,40,41). The van der Waals surface area contributed by atoms with Gasteiger partial charge in [0, 0.05) is 42.8 Å². The Labute approximate surface area is 264 Å². The van der Waals surface area contributed by atoms with Gasteiger partial charge in [0.1, 0.15) is 11.5 Å². The zero-order valence-corrected chi connectivity index (χ0v) is 26.4. The lowest BCUT2D eigenvalue weighted by Crippen LogP contribution is -2.62. The SMILES string of the molecule is C=CC(=O)N1CC2CNc3c(c4cc(F)c(-c5c(C)ccc6[nH]cnc56)c(F)c4n(-c4c(C)ccnc4C(C)C)c3=O)N2CC1C. The number of benzene rings is 2. The monoisotopic (exact) mass is 623 g/mol. The molecule has 1 fully saturated rings. The van der Waals surface area contributed by atoms with Crippen molar-refractivity contribution in [1.29, 1.82) is 0 Å². The van der Waals surface area contributed by atoms with Crippen LogP contribution in [0.25, 0.3) is 38.8 Å². The van der Waals surface area contributed by atoms with E-state index in [1.165, 1.54) is 23.0 Å². The third kappa shape index (κ3) is 4.24. The second kappa shape index (κ2) is 10.8. The second-order valence-corrected chi connectivity index (χ2v) is 12.6. The number of rotatable bonds is 4. The van der Waals surface area contributed by atoms with Gasteiger partial charge >= 0.3 is 0 Å². The minimum atomic E-state index is -0.859. The van der Waals surface area contributed by atoms with Crippen LogP contribution in [0.5, 0.6) is 0 Å². The van der Waals surface area contributed by atoms with Gasteiger partial charge in [-0.2, -0.15) is 0 Å². The number of fused-ring (bicyclic) bond motifs is 6. The Hall–Kier alpha value is -5.06. The molecule has 3 aromatic heterocycles. The van der Waals surface area contributed by atoms with Crippen molar-refractivity contribution in [3.05, 3.63) is 88.3 Å². The van der Waals surface area contributed by atoms with E-state index < -0.39 is 17.2 Å². The van der Waals surface area contributed by atoms with Gasteiger partial charge in [-0.1, -0.05) is 26.5 Å². The molecule has 5 heterocycles. The van der Waals surface area contributed by atoms with E-state index in [0.29, 0.717) is 58.9 Å². The number of aryl methyl sites for hydroxylation is 2. The summed E-state index contributed by atoms with van der Waals surface area (Å²) in [5, 5.41) is 3.55. The van der Waals surface area contributed by atoms with Crippen molar-refractivity contribution < 1.29 is 13.6 Å². The average molecular weight is 624 g/mol. The first-order valence-electron chi connectivity index (χ1n) is 15.5. The van der Waals surface area contributed by atoms with Crippen LogP contribution in [0.4, 0.5) is 20.2 Å². The van der Waals surface area contributed by atoms with Crippen LogP contribution >= 0.6 is 0 Å². The van der Waals surface area contributed by atoms with Crippen molar-refractivity contribution >= 4 is 39.2 Å². The van der Waals surface area contributed by atoms with Gasteiger partial charge in [0.05, 0.1) is 51.6 Å². The van der Waals surface area contributed by atoms with Crippen molar-refractivity contribution in [3.8, 4) is 16.8 Å².